The van der Waals surface area contributed by atoms with Gasteiger partial charge in [-0.3, -0.25) is 4.79 Å². The fourth-order valence-corrected chi connectivity index (χ4v) is 2.87. The van der Waals surface area contributed by atoms with E-state index in [1.807, 2.05) is 0 Å². The molecule has 0 aromatic heterocycles. The molecule has 3 heterocycles. The molecule has 10 heteroatoms. The van der Waals surface area contributed by atoms with E-state index in [1.54, 1.807) is 0 Å². The number of nitrogens with two attached hydrogens (primary N) is 1. The van der Waals surface area contributed by atoms with Crippen LogP contribution in [0, 0.1) is 0 Å². The number of alkyl halides is 1. The molecule has 122 valence electrons. The van der Waals surface area contributed by atoms with Crippen molar-refractivity contribution < 1.29 is 29.2 Å². The molecule has 6 N–H and O–H groups in total. The number of carbonyl (C=O) groups is 1. The number of aliphatic imine (C=N–C) groups is 1. The van der Waals surface area contributed by atoms with Gasteiger partial charge in [0.2, 0.25) is 0 Å². The average molecular weight is 316 g/mol. The highest BCUT2D eigenvalue weighted by Gasteiger charge is 2.64. The first kappa shape index (κ1) is 15.2. The highest BCUT2D eigenvalue weighted by molar-refractivity contribution is 6.10. The van der Waals surface area contributed by atoms with E-state index in [0.717, 1.165) is 0 Å². The number of nitrogens with one attached hydrogen (secondary N) is 1. The lowest BCUT2D eigenvalue weighted by atomic mass is 9.95. The molecular formula is C12H17FN4O5. The molecule has 0 aromatic carbocycles. The number of ether oxygens (including phenoxy) is 1. The van der Waals surface area contributed by atoms with Crippen molar-refractivity contribution in [2.24, 2.45) is 10.7 Å². The number of allylic oxidation sites excluding steroid dienone is 1. The molecule has 9 nitrogen and oxygen atoms in total. The summed E-state index contributed by atoms with van der Waals surface area (Å²) in [6.07, 6.45) is -3.36. The number of halogens is 1. The molecule has 0 spiro atoms. The van der Waals surface area contributed by atoms with Gasteiger partial charge in [0.25, 0.3) is 5.85 Å². The van der Waals surface area contributed by atoms with E-state index in [-0.39, 0.29) is 36.2 Å². The van der Waals surface area contributed by atoms with Crippen LogP contribution >= 0.6 is 0 Å². The Balaban J connectivity index is 1.97. The lowest BCUT2D eigenvalue weighted by Gasteiger charge is -2.33. The fraction of sp³-hybridized carbons (Fsp3) is 0.667. The average Bonchev–Trinajstić information content (AvgIpc) is 2.93. The molecule has 4 atom stereocenters. The van der Waals surface area contributed by atoms with Crippen molar-refractivity contribution in [1.29, 1.82) is 0 Å². The van der Waals surface area contributed by atoms with Crippen LogP contribution < -0.4 is 11.1 Å². The molecule has 0 bridgehead atoms. The van der Waals surface area contributed by atoms with Gasteiger partial charge >= 0.3 is 0 Å². The fourth-order valence-electron chi connectivity index (χ4n) is 2.87. The van der Waals surface area contributed by atoms with Gasteiger partial charge in [-0.2, -0.15) is 0 Å². The smallest absolute Gasteiger partial charge is 0.263 e. The van der Waals surface area contributed by atoms with Gasteiger partial charge in [-0.15, -0.1) is 0 Å². The Bertz CT molecular complexity index is 592. The topological polar surface area (TPSA) is 141 Å². The minimum atomic E-state index is -2.81. The molecular weight excluding hydrogens is 299 g/mol. The minimum Gasteiger partial charge on any atom is -0.390 e. The largest absolute Gasteiger partial charge is 0.390 e. The first-order valence-corrected chi connectivity index (χ1v) is 6.70. The Morgan fingerprint density at radius 1 is 1.64 bits per heavy atom. The second-order valence-electron chi connectivity index (χ2n) is 5.75. The summed E-state index contributed by atoms with van der Waals surface area (Å²) >= 11 is 0. The Labute approximate surface area is 124 Å². The summed E-state index contributed by atoms with van der Waals surface area (Å²) in [5.41, 5.74) is 3.75. The minimum absolute atomic E-state index is 0.0161. The summed E-state index contributed by atoms with van der Waals surface area (Å²) in [6.45, 7) is 0.0656. The predicted octanol–water partition coefficient (Wildman–Crippen LogP) is -2.53. The number of aliphatic hydroxyl groups is 3. The lowest BCUT2D eigenvalue weighted by Crippen LogP contribution is -2.53. The zero-order chi connectivity index (χ0) is 16.3. The number of hydrogen-bond donors (Lipinski definition) is 5. The van der Waals surface area contributed by atoms with E-state index in [0.29, 0.717) is 0 Å². The quantitative estimate of drug-likeness (QED) is 0.376. The second-order valence-corrected chi connectivity index (χ2v) is 5.75. The van der Waals surface area contributed by atoms with Crippen LogP contribution in [0.3, 0.4) is 0 Å². The highest BCUT2D eigenvalue weighted by Crippen LogP contribution is 2.43. The maximum atomic E-state index is 14.3. The standard InChI is InChI=1S/C12H17FN4O5/c1-11(21)9(20)12(13,3-18)22-10(11)17-4-15-7-5(19)2-6(14)16-8(7)17/h9-10,15,18,20-21H,2-4H2,1H3,(H2,14,16)/t9-,10+,11+,12+/m0/s1. The second kappa shape index (κ2) is 4.62. The van der Waals surface area contributed by atoms with Crippen LogP contribution in [0.15, 0.2) is 16.5 Å². The molecule has 0 unspecified atom stereocenters. The van der Waals surface area contributed by atoms with Crippen molar-refractivity contribution in [1.82, 2.24) is 10.2 Å². The maximum Gasteiger partial charge on any atom is 0.263 e. The summed E-state index contributed by atoms with van der Waals surface area (Å²) in [4.78, 5) is 17.2. The van der Waals surface area contributed by atoms with Crippen LogP contribution in [0.25, 0.3) is 0 Å². The number of nitrogens with zero attached hydrogens (tertiary/aromatic N) is 2. The number of Topliss-reactive ketones (excluding diaryl/α,β-unsaturated/α-hetero) is 1. The van der Waals surface area contributed by atoms with Gasteiger partial charge in [0.15, 0.2) is 17.8 Å². The van der Waals surface area contributed by atoms with Crippen LogP contribution in [-0.4, -0.2) is 68.9 Å². The van der Waals surface area contributed by atoms with Crippen molar-refractivity contribution in [3.05, 3.63) is 11.5 Å². The van der Waals surface area contributed by atoms with Crippen LogP contribution in [-0.2, 0) is 9.53 Å². The summed E-state index contributed by atoms with van der Waals surface area (Å²) in [7, 11) is 0. The molecule has 1 fully saturated rings. The van der Waals surface area contributed by atoms with Gasteiger partial charge in [0, 0.05) is 0 Å². The first-order chi connectivity index (χ1) is 10.2. The first-order valence-electron chi connectivity index (χ1n) is 6.70. The van der Waals surface area contributed by atoms with Crippen LogP contribution in [0.2, 0.25) is 0 Å². The summed E-state index contributed by atoms with van der Waals surface area (Å²) in [5, 5.41) is 32.2. The third kappa shape index (κ3) is 1.92. The van der Waals surface area contributed by atoms with E-state index in [1.165, 1.54) is 11.8 Å². The molecule has 0 amide bonds. The van der Waals surface area contributed by atoms with E-state index in [2.05, 4.69) is 10.3 Å². The summed E-state index contributed by atoms with van der Waals surface area (Å²) in [5.74, 6) is -2.89. The number of carbonyl (C=O) groups excluding carboxylic acids is 1. The predicted molar refractivity (Wildman–Crippen MR) is 70.5 cm³/mol. The summed E-state index contributed by atoms with van der Waals surface area (Å²) < 4.78 is 19.4. The molecule has 0 aromatic rings. The van der Waals surface area contributed by atoms with Crippen molar-refractivity contribution >= 4 is 11.6 Å². The molecule has 22 heavy (non-hydrogen) atoms. The third-order valence-corrected chi connectivity index (χ3v) is 4.06. The van der Waals surface area contributed by atoms with Crippen molar-refractivity contribution in [3.63, 3.8) is 0 Å². The Morgan fingerprint density at radius 2 is 2.32 bits per heavy atom. The molecule has 0 aliphatic carbocycles. The van der Waals surface area contributed by atoms with Gasteiger partial charge in [0.05, 0.1) is 13.1 Å². The zero-order valence-corrected chi connectivity index (χ0v) is 11.8. The number of amidine groups is 1. The van der Waals surface area contributed by atoms with E-state index in [9.17, 15) is 19.4 Å². The van der Waals surface area contributed by atoms with E-state index in [4.69, 9.17) is 15.6 Å². The Kier molecular flexibility index (Phi) is 3.18. The summed E-state index contributed by atoms with van der Waals surface area (Å²) in [6, 6.07) is 0. The number of aliphatic hydroxyl groups excluding tert-OH is 2. The van der Waals surface area contributed by atoms with Gasteiger partial charge in [0.1, 0.15) is 29.8 Å². The molecule has 1 saturated heterocycles. The monoisotopic (exact) mass is 316 g/mol. The third-order valence-electron chi connectivity index (χ3n) is 4.06. The van der Waals surface area contributed by atoms with E-state index < -0.39 is 30.4 Å². The van der Waals surface area contributed by atoms with Crippen molar-refractivity contribution in [3.8, 4) is 0 Å². The van der Waals surface area contributed by atoms with E-state index >= 15 is 0 Å². The van der Waals surface area contributed by atoms with Crippen LogP contribution in [0.5, 0.6) is 0 Å². The number of rotatable bonds is 2. The van der Waals surface area contributed by atoms with Gasteiger partial charge in [-0.1, -0.05) is 0 Å². The van der Waals surface area contributed by atoms with Crippen LogP contribution in [0.4, 0.5) is 4.39 Å². The maximum absolute atomic E-state index is 14.3. The van der Waals surface area contributed by atoms with Crippen molar-refractivity contribution in [2.75, 3.05) is 13.3 Å². The van der Waals surface area contributed by atoms with Gasteiger partial charge in [-0.05, 0) is 6.92 Å². The molecule has 0 saturated carbocycles. The molecule has 3 aliphatic rings. The van der Waals surface area contributed by atoms with Crippen molar-refractivity contribution in [2.45, 2.75) is 37.1 Å². The molecule has 3 aliphatic heterocycles. The SMILES string of the molecule is C[C@]1(O)[C@H](N2CNC3=C2N=C(N)CC3=O)O[C@](F)(CO)[C@H]1O. The van der Waals surface area contributed by atoms with Gasteiger partial charge in [-0.25, -0.2) is 9.38 Å². The molecule has 0 radical (unpaired) electrons. The molecule has 3 rings (SSSR count). The zero-order valence-electron chi connectivity index (χ0n) is 11.8. The van der Waals surface area contributed by atoms with Crippen LogP contribution in [0.1, 0.15) is 13.3 Å². The number of hydrogen-bond acceptors (Lipinski definition) is 9. The highest BCUT2D eigenvalue weighted by atomic mass is 19.2. The Morgan fingerprint density at radius 3 is 2.91 bits per heavy atom. The lowest BCUT2D eigenvalue weighted by molar-refractivity contribution is -0.213. The van der Waals surface area contributed by atoms with Gasteiger partial charge < -0.3 is 36.0 Å². The normalized spacial score (nSPS) is 41.6. The Hall–Kier alpha value is -1.75. The number of ketones is 1.